The van der Waals surface area contributed by atoms with E-state index < -0.39 is 10.8 Å². The number of ether oxygens (including phenoxy) is 1. The first kappa shape index (κ1) is 26.6. The van der Waals surface area contributed by atoms with Crippen molar-refractivity contribution in [3.63, 3.8) is 0 Å². The lowest BCUT2D eigenvalue weighted by molar-refractivity contribution is 0.198. The van der Waals surface area contributed by atoms with Gasteiger partial charge in [0.15, 0.2) is 10.8 Å². The van der Waals surface area contributed by atoms with E-state index in [2.05, 4.69) is 50.6 Å². The maximum Gasteiger partial charge on any atom is 0.158 e. The molecule has 1 atom stereocenters. The first-order valence-corrected chi connectivity index (χ1v) is 12.4. The van der Waals surface area contributed by atoms with Gasteiger partial charge in [-0.2, -0.15) is 15.8 Å². The molecule has 0 radical (unpaired) electrons. The van der Waals surface area contributed by atoms with Gasteiger partial charge in [-0.1, -0.05) is 6.58 Å². The Kier molecular flexibility index (Phi) is 10.3. The predicted octanol–water partition coefficient (Wildman–Crippen LogP) is 4.54. The Morgan fingerprint density at radius 3 is 2.41 bits per heavy atom. The number of thiophene rings is 1. The van der Waals surface area contributed by atoms with Gasteiger partial charge in [-0.3, -0.25) is 4.21 Å². The van der Waals surface area contributed by atoms with Crippen LogP contribution >= 0.6 is 11.3 Å². The van der Waals surface area contributed by atoms with Crippen LogP contribution in [0.4, 0.5) is 22.3 Å². The van der Waals surface area contributed by atoms with Crippen molar-refractivity contribution in [2.75, 3.05) is 43.2 Å². The number of aromatic nitrogens is 1. The fraction of sp³-hybridized carbons (Fsp3) is 0.364. The lowest BCUT2D eigenvalue weighted by atomic mass is 10.1. The maximum atomic E-state index is 11.7. The second kappa shape index (κ2) is 13.2. The number of hydrogen-bond acceptors (Lipinski definition) is 11. The molecule has 0 aliphatic heterocycles. The fourth-order valence-corrected chi connectivity index (χ4v) is 4.23. The molecule has 2 aromatic rings. The zero-order valence-corrected chi connectivity index (χ0v) is 20.8. The summed E-state index contributed by atoms with van der Waals surface area (Å²) in [5.74, 6) is 1.05. The summed E-state index contributed by atoms with van der Waals surface area (Å²) < 4.78 is 16.8. The highest BCUT2D eigenvalue weighted by molar-refractivity contribution is 7.87. The molecule has 0 fully saturated rings. The van der Waals surface area contributed by atoms with Crippen molar-refractivity contribution in [2.24, 2.45) is 10.2 Å². The van der Waals surface area contributed by atoms with Crippen LogP contribution in [-0.2, 0) is 15.5 Å². The Morgan fingerprint density at radius 1 is 1.09 bits per heavy atom. The second-order valence-electron chi connectivity index (χ2n) is 6.88. The number of nitrogens with zero attached hydrogens (tertiary/aromatic N) is 6. The van der Waals surface area contributed by atoms with Crippen molar-refractivity contribution in [1.29, 1.82) is 15.8 Å². The molecule has 0 saturated carbocycles. The van der Waals surface area contributed by atoms with Crippen molar-refractivity contribution in [2.45, 2.75) is 20.3 Å². The van der Waals surface area contributed by atoms with Crippen molar-refractivity contribution in [3.8, 4) is 18.2 Å². The highest BCUT2D eigenvalue weighted by atomic mass is 32.2. The molecule has 1 unspecified atom stereocenters. The number of nitriles is 3. The Labute approximate surface area is 205 Å². The molecule has 2 aromatic heterocycles. The number of pyridine rings is 1. The first-order valence-electron chi connectivity index (χ1n) is 10.2. The van der Waals surface area contributed by atoms with E-state index in [-0.39, 0.29) is 5.56 Å². The van der Waals surface area contributed by atoms with Crippen LogP contribution in [0.1, 0.15) is 33.6 Å². The summed E-state index contributed by atoms with van der Waals surface area (Å²) in [6.45, 7) is 8.36. The Hall–Kier alpha value is -3.63. The average molecular weight is 497 g/mol. The first-order chi connectivity index (χ1) is 16.4. The van der Waals surface area contributed by atoms with Crippen LogP contribution in [0.25, 0.3) is 0 Å². The molecule has 0 aliphatic rings. The van der Waals surface area contributed by atoms with E-state index in [1.807, 2.05) is 0 Å². The molecule has 10 nitrogen and oxygen atoms in total. The van der Waals surface area contributed by atoms with Gasteiger partial charge in [0.2, 0.25) is 0 Å². The van der Waals surface area contributed by atoms with Gasteiger partial charge in [0.25, 0.3) is 0 Å². The number of hydrogen-bond donors (Lipinski definition) is 2. The Balaban J connectivity index is 2.51. The summed E-state index contributed by atoms with van der Waals surface area (Å²) >= 11 is 1.07. The molecule has 0 aromatic carbocycles. The summed E-state index contributed by atoms with van der Waals surface area (Å²) in [6.07, 6.45) is 0.723. The molecule has 0 saturated heterocycles. The van der Waals surface area contributed by atoms with Crippen molar-refractivity contribution in [3.05, 3.63) is 39.1 Å². The van der Waals surface area contributed by atoms with Crippen LogP contribution in [0.2, 0.25) is 0 Å². The number of rotatable bonds is 12. The summed E-state index contributed by atoms with van der Waals surface area (Å²) in [7, 11) is 0.418. The number of azo groups is 1. The van der Waals surface area contributed by atoms with Crippen LogP contribution < -0.4 is 10.6 Å². The quantitative estimate of drug-likeness (QED) is 0.320. The highest BCUT2D eigenvalue weighted by Gasteiger charge is 2.19. The zero-order valence-electron chi connectivity index (χ0n) is 19.1. The maximum absolute atomic E-state index is 11.7. The van der Waals surface area contributed by atoms with Gasteiger partial charge in [-0.15, -0.1) is 21.6 Å². The highest BCUT2D eigenvalue weighted by Crippen LogP contribution is 2.38. The molecule has 0 amide bonds. The molecule has 2 heterocycles. The van der Waals surface area contributed by atoms with E-state index in [1.165, 1.54) is 5.41 Å². The Bertz CT molecular complexity index is 1230. The molecule has 0 bridgehead atoms. The van der Waals surface area contributed by atoms with E-state index in [0.717, 1.165) is 17.8 Å². The standard InChI is InChI=1S/C22H24N8O2S2/c1-5-34(31)10-8-27-21-19(29-30-22-17(12-24)14(2)18(13-25)33-22)15(3)16(11-23)20(28-21)26-7-6-9-32-4/h5H,1,6-10H2,2-4H3,(H2,26,27,28). The summed E-state index contributed by atoms with van der Waals surface area (Å²) in [6, 6.07) is 6.27. The zero-order chi connectivity index (χ0) is 25.1. The smallest absolute Gasteiger partial charge is 0.158 e. The monoisotopic (exact) mass is 496 g/mol. The van der Waals surface area contributed by atoms with Gasteiger partial charge in [-0.05, 0) is 31.2 Å². The van der Waals surface area contributed by atoms with Gasteiger partial charge >= 0.3 is 0 Å². The summed E-state index contributed by atoms with van der Waals surface area (Å²) in [4.78, 5) is 4.93. The van der Waals surface area contributed by atoms with Crippen LogP contribution in [0, 0.1) is 47.8 Å². The molecule has 0 aliphatic carbocycles. The average Bonchev–Trinajstić information content (AvgIpc) is 3.15. The van der Waals surface area contributed by atoms with E-state index >= 15 is 0 Å². The van der Waals surface area contributed by atoms with Crippen molar-refractivity contribution < 1.29 is 8.95 Å². The third kappa shape index (κ3) is 6.46. The topological polar surface area (TPSA) is 159 Å². The second-order valence-corrected chi connectivity index (χ2v) is 9.38. The third-order valence-corrected chi connectivity index (χ3v) is 6.77. The fourth-order valence-electron chi connectivity index (χ4n) is 2.88. The molecule has 2 N–H and O–H groups in total. The minimum atomic E-state index is -1.20. The lowest BCUT2D eigenvalue weighted by Crippen LogP contribution is -2.14. The van der Waals surface area contributed by atoms with Crippen LogP contribution in [0.3, 0.4) is 0 Å². The number of anilines is 2. The third-order valence-electron chi connectivity index (χ3n) is 4.71. The van der Waals surface area contributed by atoms with Crippen LogP contribution in [0.5, 0.6) is 0 Å². The van der Waals surface area contributed by atoms with Crippen LogP contribution in [0.15, 0.2) is 22.2 Å². The molecule has 176 valence electrons. The van der Waals surface area contributed by atoms with E-state index in [0.29, 0.717) is 69.3 Å². The van der Waals surface area contributed by atoms with Crippen LogP contribution in [-0.4, -0.2) is 41.8 Å². The summed E-state index contributed by atoms with van der Waals surface area (Å²) in [5, 5.41) is 44.9. The minimum Gasteiger partial charge on any atom is -0.385 e. The minimum absolute atomic E-state index is 0.281. The molecule has 0 spiro atoms. The molecule has 34 heavy (non-hydrogen) atoms. The lowest BCUT2D eigenvalue weighted by Gasteiger charge is -2.15. The van der Waals surface area contributed by atoms with Crippen molar-refractivity contribution in [1.82, 2.24) is 4.98 Å². The normalized spacial score (nSPS) is 11.4. The van der Waals surface area contributed by atoms with Gasteiger partial charge < -0.3 is 15.4 Å². The molecular formula is C22H24N8O2S2. The number of methoxy groups -OCH3 is 1. The van der Waals surface area contributed by atoms with Crippen molar-refractivity contribution >= 4 is 44.5 Å². The van der Waals surface area contributed by atoms with Gasteiger partial charge in [0.1, 0.15) is 34.6 Å². The van der Waals surface area contributed by atoms with Gasteiger partial charge in [-0.25, -0.2) is 4.98 Å². The molecule has 12 heteroatoms. The van der Waals surface area contributed by atoms with E-state index in [4.69, 9.17) is 4.74 Å². The largest absolute Gasteiger partial charge is 0.385 e. The summed E-state index contributed by atoms with van der Waals surface area (Å²) in [5.41, 5.74) is 2.00. The molecular weight excluding hydrogens is 472 g/mol. The number of nitrogens with one attached hydrogen (secondary N) is 2. The van der Waals surface area contributed by atoms with E-state index in [1.54, 1.807) is 21.0 Å². The molecule has 2 rings (SSSR count). The van der Waals surface area contributed by atoms with Gasteiger partial charge in [0, 0.05) is 48.9 Å². The predicted molar refractivity (Wildman–Crippen MR) is 133 cm³/mol. The van der Waals surface area contributed by atoms with E-state index in [9.17, 15) is 20.0 Å². The van der Waals surface area contributed by atoms with Gasteiger partial charge in [0.05, 0.1) is 11.1 Å². The Morgan fingerprint density at radius 2 is 1.79 bits per heavy atom. The SMILES string of the molecule is C=CS(=O)CCNc1nc(NCCCOC)c(C#N)c(C)c1N=Nc1sc(C#N)c(C)c1C#N.